The van der Waals surface area contributed by atoms with Crippen molar-refractivity contribution < 1.29 is 0 Å². The Bertz CT molecular complexity index is 522. The van der Waals surface area contributed by atoms with Gasteiger partial charge in [0.2, 0.25) is 0 Å². The lowest BCUT2D eigenvalue weighted by Gasteiger charge is -2.10. The predicted molar refractivity (Wildman–Crippen MR) is 65.9 cm³/mol. The number of hydrogen-bond acceptors (Lipinski definition) is 3. The third-order valence-corrected chi connectivity index (χ3v) is 2.40. The van der Waals surface area contributed by atoms with Gasteiger partial charge in [-0.15, -0.1) is 0 Å². The highest BCUT2D eigenvalue weighted by atomic mass is 14.8. The molecule has 2 rings (SSSR count). The van der Waals surface area contributed by atoms with E-state index in [1.807, 2.05) is 38.1 Å². The van der Waals surface area contributed by atoms with Crippen molar-refractivity contribution in [2.24, 2.45) is 5.73 Å². The summed E-state index contributed by atoms with van der Waals surface area (Å²) < 4.78 is 0. The Balaban J connectivity index is 2.56. The largest absolute Gasteiger partial charge is 0.321 e. The zero-order chi connectivity index (χ0) is 11.5. The molecule has 0 aliphatic carbocycles. The van der Waals surface area contributed by atoms with Gasteiger partial charge in [0.1, 0.15) is 0 Å². The number of hydrogen-bond donors (Lipinski definition) is 1. The second kappa shape index (κ2) is 4.41. The van der Waals surface area contributed by atoms with Crippen molar-refractivity contribution in [3.8, 4) is 0 Å². The number of aromatic nitrogens is 2. The van der Waals surface area contributed by atoms with Gasteiger partial charge in [-0.2, -0.15) is 0 Å². The summed E-state index contributed by atoms with van der Waals surface area (Å²) in [5.74, 6) is 0. The van der Waals surface area contributed by atoms with Gasteiger partial charge in [0.15, 0.2) is 0 Å². The molecule has 0 spiro atoms. The monoisotopic (exact) mass is 213 g/mol. The standard InChI is InChI=1S/C13H15N3/c1-9(2)8-11(14)10-4-3-5-12-13(10)16-7-6-15-12/h3-8,11H,14H2,1-2H3. The summed E-state index contributed by atoms with van der Waals surface area (Å²) in [7, 11) is 0. The lowest BCUT2D eigenvalue weighted by Crippen LogP contribution is -2.08. The Kier molecular flexibility index (Phi) is 2.97. The average molecular weight is 213 g/mol. The maximum atomic E-state index is 6.12. The van der Waals surface area contributed by atoms with Gasteiger partial charge in [0.05, 0.1) is 17.1 Å². The molecule has 0 aliphatic rings. The second-order valence-electron chi connectivity index (χ2n) is 4.04. The quantitative estimate of drug-likeness (QED) is 0.780. The van der Waals surface area contributed by atoms with Crippen molar-refractivity contribution in [2.45, 2.75) is 19.9 Å². The molecule has 1 unspecified atom stereocenters. The van der Waals surface area contributed by atoms with E-state index >= 15 is 0 Å². The zero-order valence-corrected chi connectivity index (χ0v) is 9.51. The van der Waals surface area contributed by atoms with Crippen LogP contribution in [0.25, 0.3) is 11.0 Å². The van der Waals surface area contributed by atoms with Gasteiger partial charge in [-0.25, -0.2) is 0 Å². The van der Waals surface area contributed by atoms with Crippen LogP contribution in [0.5, 0.6) is 0 Å². The Labute approximate surface area is 95.0 Å². The Morgan fingerprint density at radius 3 is 2.75 bits per heavy atom. The number of allylic oxidation sites excluding steroid dienone is 1. The molecule has 0 bridgehead atoms. The Morgan fingerprint density at radius 2 is 2.00 bits per heavy atom. The molecule has 16 heavy (non-hydrogen) atoms. The normalized spacial score (nSPS) is 12.4. The molecule has 0 saturated carbocycles. The van der Waals surface area contributed by atoms with Gasteiger partial charge < -0.3 is 5.73 Å². The van der Waals surface area contributed by atoms with Gasteiger partial charge >= 0.3 is 0 Å². The van der Waals surface area contributed by atoms with E-state index in [0.717, 1.165) is 16.6 Å². The summed E-state index contributed by atoms with van der Waals surface area (Å²) in [5.41, 5.74) is 10.1. The van der Waals surface area contributed by atoms with Gasteiger partial charge in [-0.05, 0) is 19.9 Å². The van der Waals surface area contributed by atoms with Gasteiger partial charge in [-0.1, -0.05) is 23.8 Å². The highest BCUT2D eigenvalue weighted by Gasteiger charge is 2.08. The molecule has 1 heterocycles. The molecule has 3 nitrogen and oxygen atoms in total. The van der Waals surface area contributed by atoms with Gasteiger partial charge in [0, 0.05) is 18.0 Å². The van der Waals surface area contributed by atoms with Crippen LogP contribution in [0.15, 0.2) is 42.2 Å². The number of rotatable bonds is 2. The molecule has 0 radical (unpaired) electrons. The van der Waals surface area contributed by atoms with Crippen LogP contribution in [0.4, 0.5) is 0 Å². The Morgan fingerprint density at radius 1 is 1.25 bits per heavy atom. The summed E-state index contributed by atoms with van der Waals surface area (Å²) >= 11 is 0. The van der Waals surface area contributed by atoms with Crippen LogP contribution in [-0.2, 0) is 0 Å². The van der Waals surface area contributed by atoms with E-state index in [9.17, 15) is 0 Å². The number of benzene rings is 1. The van der Waals surface area contributed by atoms with Crippen LogP contribution in [0, 0.1) is 0 Å². The fourth-order valence-electron chi connectivity index (χ4n) is 1.73. The molecule has 3 heteroatoms. The van der Waals surface area contributed by atoms with E-state index in [-0.39, 0.29) is 6.04 Å². The smallest absolute Gasteiger partial charge is 0.0937 e. The molecule has 0 saturated heterocycles. The fourth-order valence-corrected chi connectivity index (χ4v) is 1.73. The van der Waals surface area contributed by atoms with Crippen molar-refractivity contribution in [2.75, 3.05) is 0 Å². The summed E-state index contributed by atoms with van der Waals surface area (Å²) in [4.78, 5) is 8.60. The van der Waals surface area contributed by atoms with Crippen LogP contribution < -0.4 is 5.73 Å². The first kappa shape index (κ1) is 10.8. The molecule has 0 amide bonds. The summed E-state index contributed by atoms with van der Waals surface area (Å²) in [6.07, 6.45) is 5.42. The molecule has 2 aromatic rings. The van der Waals surface area contributed by atoms with Gasteiger partial charge in [-0.3, -0.25) is 9.97 Å². The summed E-state index contributed by atoms with van der Waals surface area (Å²) in [6, 6.07) is 5.79. The molecule has 0 fully saturated rings. The molecule has 2 N–H and O–H groups in total. The van der Waals surface area contributed by atoms with E-state index in [4.69, 9.17) is 5.73 Å². The molecule has 0 aliphatic heterocycles. The number of fused-ring (bicyclic) bond motifs is 1. The van der Waals surface area contributed by atoms with Crippen LogP contribution in [0.2, 0.25) is 0 Å². The molecule has 1 aromatic heterocycles. The van der Waals surface area contributed by atoms with Crippen LogP contribution in [0.3, 0.4) is 0 Å². The third-order valence-electron chi connectivity index (χ3n) is 2.40. The minimum atomic E-state index is -0.120. The topological polar surface area (TPSA) is 51.8 Å². The van der Waals surface area contributed by atoms with Gasteiger partial charge in [0.25, 0.3) is 0 Å². The van der Waals surface area contributed by atoms with Crippen LogP contribution in [0.1, 0.15) is 25.5 Å². The molecule has 82 valence electrons. The number of nitrogens with two attached hydrogens (primary N) is 1. The van der Waals surface area contributed by atoms with Crippen LogP contribution >= 0.6 is 0 Å². The lowest BCUT2D eigenvalue weighted by molar-refractivity contribution is 0.904. The summed E-state index contributed by atoms with van der Waals surface area (Å²) in [5, 5.41) is 0. The maximum absolute atomic E-state index is 6.12. The summed E-state index contributed by atoms with van der Waals surface area (Å²) in [6.45, 7) is 4.08. The average Bonchev–Trinajstić information content (AvgIpc) is 2.27. The maximum Gasteiger partial charge on any atom is 0.0937 e. The van der Waals surface area contributed by atoms with Crippen molar-refractivity contribution in [1.29, 1.82) is 0 Å². The highest BCUT2D eigenvalue weighted by molar-refractivity contribution is 5.78. The highest BCUT2D eigenvalue weighted by Crippen LogP contribution is 2.21. The van der Waals surface area contributed by atoms with E-state index in [0.29, 0.717) is 0 Å². The second-order valence-corrected chi connectivity index (χ2v) is 4.04. The predicted octanol–water partition coefficient (Wildman–Crippen LogP) is 2.60. The third kappa shape index (κ3) is 2.09. The molecular weight excluding hydrogens is 198 g/mol. The number of nitrogens with zero attached hydrogens (tertiary/aromatic N) is 2. The van der Waals surface area contributed by atoms with E-state index in [1.54, 1.807) is 12.4 Å². The number of para-hydroxylation sites is 1. The first-order valence-electron chi connectivity index (χ1n) is 5.28. The minimum Gasteiger partial charge on any atom is -0.321 e. The zero-order valence-electron chi connectivity index (χ0n) is 9.51. The van der Waals surface area contributed by atoms with E-state index in [1.165, 1.54) is 5.57 Å². The molecular formula is C13H15N3. The fraction of sp³-hybridized carbons (Fsp3) is 0.231. The van der Waals surface area contributed by atoms with Crippen molar-refractivity contribution in [3.05, 3.63) is 47.8 Å². The van der Waals surface area contributed by atoms with Crippen molar-refractivity contribution >= 4 is 11.0 Å². The molecule has 1 atom stereocenters. The van der Waals surface area contributed by atoms with Crippen molar-refractivity contribution in [3.63, 3.8) is 0 Å². The Hall–Kier alpha value is -1.74. The SMILES string of the molecule is CC(C)=CC(N)c1cccc2nccnc12. The van der Waals surface area contributed by atoms with Crippen LogP contribution in [-0.4, -0.2) is 9.97 Å². The molecule has 1 aromatic carbocycles. The first-order chi connectivity index (χ1) is 7.68. The lowest BCUT2D eigenvalue weighted by atomic mass is 10.0. The van der Waals surface area contributed by atoms with E-state index < -0.39 is 0 Å². The van der Waals surface area contributed by atoms with Crippen molar-refractivity contribution in [1.82, 2.24) is 9.97 Å². The van der Waals surface area contributed by atoms with E-state index in [2.05, 4.69) is 9.97 Å². The minimum absolute atomic E-state index is 0.120. The first-order valence-corrected chi connectivity index (χ1v) is 5.28.